The lowest BCUT2D eigenvalue weighted by atomic mass is 10.1. The summed E-state index contributed by atoms with van der Waals surface area (Å²) in [5.74, 6) is 1.07. The lowest BCUT2D eigenvalue weighted by molar-refractivity contribution is 0.465. The average Bonchev–Trinajstić information content (AvgIpc) is 2.35. The van der Waals surface area contributed by atoms with Crippen molar-refractivity contribution in [1.82, 2.24) is 0 Å². The summed E-state index contributed by atoms with van der Waals surface area (Å²) in [5, 5.41) is 0. The molecular formula is C16H18FNO. The van der Waals surface area contributed by atoms with Crippen molar-refractivity contribution >= 4 is 0 Å². The van der Waals surface area contributed by atoms with Crippen molar-refractivity contribution in [3.8, 4) is 11.5 Å². The number of rotatable bonds is 3. The Labute approximate surface area is 113 Å². The molecule has 0 fully saturated rings. The van der Waals surface area contributed by atoms with Gasteiger partial charge in [0.05, 0.1) is 0 Å². The second-order valence-corrected chi connectivity index (χ2v) is 4.84. The molecule has 0 saturated carbocycles. The van der Waals surface area contributed by atoms with Crippen LogP contribution in [0.25, 0.3) is 0 Å². The Hall–Kier alpha value is -1.87. The zero-order chi connectivity index (χ0) is 14.0. The maximum Gasteiger partial charge on any atom is 0.132 e. The minimum atomic E-state index is -0.305. The van der Waals surface area contributed by atoms with Gasteiger partial charge in [-0.15, -0.1) is 0 Å². The molecule has 0 aliphatic carbocycles. The number of ether oxygens (including phenoxy) is 1. The van der Waals surface area contributed by atoms with Gasteiger partial charge in [-0.2, -0.15) is 0 Å². The van der Waals surface area contributed by atoms with Crippen LogP contribution >= 0.6 is 0 Å². The first-order chi connectivity index (χ1) is 8.97. The van der Waals surface area contributed by atoms with Crippen molar-refractivity contribution in [2.45, 2.75) is 26.8 Å². The highest BCUT2D eigenvalue weighted by Crippen LogP contribution is 2.31. The predicted molar refractivity (Wildman–Crippen MR) is 75.0 cm³/mol. The quantitative estimate of drug-likeness (QED) is 0.894. The summed E-state index contributed by atoms with van der Waals surface area (Å²) in [6.07, 6.45) is 0. The van der Waals surface area contributed by atoms with Gasteiger partial charge in [0, 0.05) is 11.6 Å². The molecule has 0 spiro atoms. The van der Waals surface area contributed by atoms with Gasteiger partial charge in [0.1, 0.15) is 17.3 Å². The van der Waals surface area contributed by atoms with Gasteiger partial charge in [0.15, 0.2) is 0 Å². The van der Waals surface area contributed by atoms with Crippen LogP contribution < -0.4 is 10.5 Å². The Bertz CT molecular complexity index is 593. The Morgan fingerprint density at radius 3 is 2.47 bits per heavy atom. The molecule has 2 aromatic carbocycles. The molecule has 2 N–H and O–H groups in total. The molecule has 0 amide bonds. The highest BCUT2D eigenvalue weighted by atomic mass is 19.1. The van der Waals surface area contributed by atoms with Crippen molar-refractivity contribution in [3.63, 3.8) is 0 Å². The summed E-state index contributed by atoms with van der Waals surface area (Å²) in [5.41, 5.74) is 8.67. The largest absolute Gasteiger partial charge is 0.457 e. The summed E-state index contributed by atoms with van der Waals surface area (Å²) in [4.78, 5) is 0. The summed E-state index contributed by atoms with van der Waals surface area (Å²) in [7, 11) is 0. The molecule has 0 aliphatic heterocycles. The van der Waals surface area contributed by atoms with E-state index in [0.717, 1.165) is 16.9 Å². The molecule has 100 valence electrons. The Kier molecular flexibility index (Phi) is 3.86. The number of benzene rings is 2. The normalized spacial score (nSPS) is 12.3. The zero-order valence-corrected chi connectivity index (χ0v) is 11.4. The number of nitrogens with two attached hydrogens (primary N) is 1. The van der Waals surface area contributed by atoms with Gasteiger partial charge in [0.2, 0.25) is 0 Å². The van der Waals surface area contributed by atoms with Gasteiger partial charge in [-0.3, -0.25) is 0 Å². The van der Waals surface area contributed by atoms with Gasteiger partial charge in [-0.05, 0) is 56.2 Å². The summed E-state index contributed by atoms with van der Waals surface area (Å²) >= 11 is 0. The molecule has 2 nitrogen and oxygen atoms in total. The topological polar surface area (TPSA) is 35.2 Å². The maximum absolute atomic E-state index is 13.3. The summed E-state index contributed by atoms with van der Waals surface area (Å²) in [6.45, 7) is 5.79. The predicted octanol–water partition coefficient (Wildman–Crippen LogP) is 4.25. The number of aryl methyl sites for hydroxylation is 2. The van der Waals surface area contributed by atoms with E-state index >= 15 is 0 Å². The van der Waals surface area contributed by atoms with E-state index in [1.54, 1.807) is 6.07 Å². The standard InChI is InChI=1S/C16H18FNO/c1-10-4-5-11(2)16(8-10)19-15-7-6-13(17)9-14(15)12(3)18/h4-9,12H,18H2,1-3H3/t12-/m0/s1. The van der Waals surface area contributed by atoms with Crippen LogP contribution in [0.15, 0.2) is 36.4 Å². The number of hydrogen-bond acceptors (Lipinski definition) is 2. The molecule has 19 heavy (non-hydrogen) atoms. The zero-order valence-electron chi connectivity index (χ0n) is 11.4. The van der Waals surface area contributed by atoms with Gasteiger partial charge >= 0.3 is 0 Å². The van der Waals surface area contributed by atoms with Crippen molar-refractivity contribution < 1.29 is 9.13 Å². The molecule has 0 heterocycles. The molecule has 0 aromatic heterocycles. The second-order valence-electron chi connectivity index (χ2n) is 4.84. The fourth-order valence-corrected chi connectivity index (χ4v) is 1.90. The average molecular weight is 259 g/mol. The molecule has 0 saturated heterocycles. The second kappa shape index (κ2) is 5.41. The molecule has 2 aromatic rings. The van der Waals surface area contributed by atoms with Crippen molar-refractivity contribution in [1.29, 1.82) is 0 Å². The molecule has 0 aliphatic rings. The summed E-state index contributed by atoms with van der Waals surface area (Å²) in [6, 6.07) is 10.1. The Morgan fingerprint density at radius 1 is 1.05 bits per heavy atom. The van der Waals surface area contributed by atoms with Crippen LogP contribution in [0.1, 0.15) is 29.7 Å². The third-order valence-corrected chi connectivity index (χ3v) is 3.03. The van der Waals surface area contributed by atoms with E-state index < -0.39 is 0 Å². The maximum atomic E-state index is 13.3. The van der Waals surface area contributed by atoms with Crippen molar-refractivity contribution in [2.24, 2.45) is 5.73 Å². The summed E-state index contributed by atoms with van der Waals surface area (Å²) < 4.78 is 19.2. The van der Waals surface area contributed by atoms with E-state index in [0.29, 0.717) is 11.3 Å². The number of halogens is 1. The smallest absolute Gasteiger partial charge is 0.132 e. The van der Waals surface area contributed by atoms with E-state index in [2.05, 4.69) is 0 Å². The van der Waals surface area contributed by atoms with E-state index in [1.807, 2.05) is 39.0 Å². The van der Waals surface area contributed by atoms with E-state index in [1.165, 1.54) is 12.1 Å². The molecular weight excluding hydrogens is 241 g/mol. The fourth-order valence-electron chi connectivity index (χ4n) is 1.90. The molecule has 1 atom stereocenters. The monoisotopic (exact) mass is 259 g/mol. The van der Waals surface area contributed by atoms with Gasteiger partial charge < -0.3 is 10.5 Å². The third-order valence-electron chi connectivity index (χ3n) is 3.03. The molecule has 2 rings (SSSR count). The van der Waals surface area contributed by atoms with E-state index in [4.69, 9.17) is 10.5 Å². The minimum absolute atomic E-state index is 0.282. The van der Waals surface area contributed by atoms with Crippen LogP contribution in [0.5, 0.6) is 11.5 Å². The minimum Gasteiger partial charge on any atom is -0.457 e. The Balaban J connectivity index is 2.40. The lowest BCUT2D eigenvalue weighted by Gasteiger charge is -2.15. The van der Waals surface area contributed by atoms with Crippen LogP contribution in [0.4, 0.5) is 4.39 Å². The highest BCUT2D eigenvalue weighted by molar-refractivity contribution is 5.43. The molecule has 0 bridgehead atoms. The SMILES string of the molecule is Cc1ccc(C)c(Oc2ccc(F)cc2[C@H](C)N)c1. The van der Waals surface area contributed by atoms with E-state index in [-0.39, 0.29) is 11.9 Å². The highest BCUT2D eigenvalue weighted by Gasteiger charge is 2.11. The van der Waals surface area contributed by atoms with Crippen LogP contribution in [-0.2, 0) is 0 Å². The van der Waals surface area contributed by atoms with Crippen LogP contribution in [0.3, 0.4) is 0 Å². The van der Waals surface area contributed by atoms with Crippen LogP contribution in [0, 0.1) is 19.7 Å². The Morgan fingerprint density at radius 2 is 1.79 bits per heavy atom. The van der Waals surface area contributed by atoms with Crippen molar-refractivity contribution in [2.75, 3.05) is 0 Å². The molecule has 0 unspecified atom stereocenters. The molecule has 3 heteroatoms. The fraction of sp³-hybridized carbons (Fsp3) is 0.250. The first-order valence-electron chi connectivity index (χ1n) is 6.27. The van der Waals surface area contributed by atoms with Crippen LogP contribution in [-0.4, -0.2) is 0 Å². The first-order valence-corrected chi connectivity index (χ1v) is 6.27. The third kappa shape index (κ3) is 3.12. The van der Waals surface area contributed by atoms with Gasteiger partial charge in [0.25, 0.3) is 0 Å². The lowest BCUT2D eigenvalue weighted by Crippen LogP contribution is -2.07. The van der Waals surface area contributed by atoms with E-state index in [9.17, 15) is 4.39 Å². The van der Waals surface area contributed by atoms with Gasteiger partial charge in [-0.25, -0.2) is 4.39 Å². The number of hydrogen-bond donors (Lipinski definition) is 1. The van der Waals surface area contributed by atoms with Crippen LogP contribution in [0.2, 0.25) is 0 Å². The van der Waals surface area contributed by atoms with Gasteiger partial charge in [-0.1, -0.05) is 12.1 Å². The first kappa shape index (κ1) is 13.6. The molecule has 0 radical (unpaired) electrons. The van der Waals surface area contributed by atoms with Crippen molar-refractivity contribution in [3.05, 3.63) is 58.9 Å².